The first kappa shape index (κ1) is 6.56. The molecule has 2 nitrogen and oxygen atoms in total. The molecule has 0 radical (unpaired) electrons. The topological polar surface area (TPSA) is 37.3 Å². The average Bonchev–Trinajstić information content (AvgIpc) is 1.31. The monoisotopic (exact) mass is 106 g/mol. The van der Waals surface area contributed by atoms with Gasteiger partial charge in [0, 0.05) is 0 Å². The van der Waals surface area contributed by atoms with E-state index in [-0.39, 0.29) is 0 Å². The van der Waals surface area contributed by atoms with Crippen LogP contribution in [0.1, 0.15) is 13.8 Å². The highest BCUT2D eigenvalue weighted by atomic mass is 19.1. The Kier molecular flexibility index (Phi) is 1.48. The highest BCUT2D eigenvalue weighted by molar-refractivity contribution is 5.76. The van der Waals surface area contributed by atoms with Gasteiger partial charge in [0.05, 0.1) is 0 Å². The number of carbonyl (C=O) groups excluding carboxylic acids is 1. The molecule has 0 aromatic heterocycles. The average molecular weight is 106 g/mol. The zero-order valence-electron chi connectivity index (χ0n) is 4.23. The van der Waals surface area contributed by atoms with Crippen LogP contribution in [0.25, 0.3) is 0 Å². The van der Waals surface area contributed by atoms with E-state index in [4.69, 9.17) is 5.11 Å². The second-order valence-electron chi connectivity index (χ2n) is 1.83. The second-order valence-corrected chi connectivity index (χ2v) is 1.83. The predicted molar refractivity (Wildman–Crippen MR) is 22.4 cm³/mol. The minimum Gasteiger partial charge on any atom is -0.380 e. The van der Waals surface area contributed by atoms with Crippen molar-refractivity contribution in [2.45, 2.75) is 19.4 Å². The van der Waals surface area contributed by atoms with Crippen LogP contribution in [0.3, 0.4) is 0 Å². The van der Waals surface area contributed by atoms with E-state index in [0.717, 1.165) is 13.8 Å². The number of carbonyl (C=O) groups is 1. The molecule has 0 spiro atoms. The van der Waals surface area contributed by atoms with Gasteiger partial charge in [0.2, 0.25) is 0 Å². The van der Waals surface area contributed by atoms with Crippen LogP contribution >= 0.6 is 0 Å². The van der Waals surface area contributed by atoms with Crippen molar-refractivity contribution in [3.63, 3.8) is 0 Å². The molecule has 0 saturated heterocycles. The lowest BCUT2D eigenvalue weighted by atomic mass is 10.2. The van der Waals surface area contributed by atoms with E-state index in [1.54, 1.807) is 0 Å². The molecule has 0 amide bonds. The van der Waals surface area contributed by atoms with Crippen molar-refractivity contribution in [3.8, 4) is 0 Å². The molecule has 0 heterocycles. The van der Waals surface area contributed by atoms with E-state index in [0.29, 0.717) is 0 Å². The van der Waals surface area contributed by atoms with Crippen molar-refractivity contribution < 1.29 is 14.3 Å². The summed E-state index contributed by atoms with van der Waals surface area (Å²) in [5.41, 5.74) is -1.81. The maximum Gasteiger partial charge on any atom is 0.332 e. The Morgan fingerprint density at radius 2 is 1.86 bits per heavy atom. The summed E-state index contributed by atoms with van der Waals surface area (Å²) in [7, 11) is 0. The van der Waals surface area contributed by atoms with Gasteiger partial charge in [-0.25, -0.2) is 0 Å². The Labute approximate surface area is 41.0 Å². The van der Waals surface area contributed by atoms with Gasteiger partial charge in [0.15, 0.2) is 0 Å². The van der Waals surface area contributed by atoms with Crippen molar-refractivity contribution in [2.75, 3.05) is 0 Å². The van der Waals surface area contributed by atoms with Crippen LogP contribution in [0.4, 0.5) is 4.39 Å². The fourth-order valence-electron chi connectivity index (χ4n) is 0. The Hall–Kier alpha value is -0.440. The fraction of sp³-hybridized carbons (Fsp3) is 0.750. The van der Waals surface area contributed by atoms with Crippen LogP contribution in [0.2, 0.25) is 0 Å². The van der Waals surface area contributed by atoms with Gasteiger partial charge in [0.1, 0.15) is 5.60 Å². The molecule has 0 aromatic carbocycles. The Bertz CT molecular complexity index is 82.2. The van der Waals surface area contributed by atoms with Gasteiger partial charge in [-0.3, -0.25) is 4.79 Å². The zero-order valence-corrected chi connectivity index (χ0v) is 4.23. The van der Waals surface area contributed by atoms with E-state index in [1.165, 1.54) is 0 Å². The molecular formula is C4H7FO2. The van der Waals surface area contributed by atoms with Crippen molar-refractivity contribution >= 4 is 6.04 Å². The van der Waals surface area contributed by atoms with E-state index < -0.39 is 11.6 Å². The third-order valence-electron chi connectivity index (χ3n) is 0.481. The minimum absolute atomic E-state index is 1.09. The highest BCUT2D eigenvalue weighted by Crippen LogP contribution is 2.01. The van der Waals surface area contributed by atoms with Gasteiger partial charge < -0.3 is 5.11 Å². The van der Waals surface area contributed by atoms with Crippen LogP contribution in [0.15, 0.2) is 0 Å². The molecule has 0 rings (SSSR count). The maximum absolute atomic E-state index is 11.3. The number of halogens is 1. The zero-order chi connectivity index (χ0) is 6.08. The molecule has 42 valence electrons. The number of hydrogen-bond acceptors (Lipinski definition) is 2. The summed E-state index contributed by atoms with van der Waals surface area (Å²) < 4.78 is 11.3. The first-order valence-electron chi connectivity index (χ1n) is 1.87. The number of hydrogen-bond donors (Lipinski definition) is 1. The molecule has 3 heteroatoms. The number of rotatable bonds is 1. The molecule has 0 aliphatic carbocycles. The molecule has 0 aliphatic heterocycles. The Morgan fingerprint density at radius 3 is 1.86 bits per heavy atom. The van der Waals surface area contributed by atoms with Crippen LogP contribution in [0, 0.1) is 0 Å². The van der Waals surface area contributed by atoms with Crippen LogP contribution in [-0.2, 0) is 4.79 Å². The Morgan fingerprint density at radius 1 is 1.71 bits per heavy atom. The molecule has 0 fully saturated rings. The Balaban J connectivity index is 3.79. The number of aliphatic hydroxyl groups is 1. The van der Waals surface area contributed by atoms with Crippen molar-refractivity contribution in [1.29, 1.82) is 0 Å². The summed E-state index contributed by atoms with van der Waals surface area (Å²) in [6.07, 6.45) is 0. The summed E-state index contributed by atoms with van der Waals surface area (Å²) in [5.74, 6) is 0. The molecule has 0 unspecified atom stereocenters. The lowest BCUT2D eigenvalue weighted by molar-refractivity contribution is -0.145. The minimum atomic E-state index is -1.81. The van der Waals surface area contributed by atoms with Gasteiger partial charge in [-0.2, -0.15) is 4.39 Å². The second kappa shape index (κ2) is 1.58. The van der Waals surface area contributed by atoms with Crippen LogP contribution < -0.4 is 0 Å². The fourth-order valence-corrected chi connectivity index (χ4v) is 0. The van der Waals surface area contributed by atoms with Gasteiger partial charge in [-0.15, -0.1) is 0 Å². The first-order valence-corrected chi connectivity index (χ1v) is 1.87. The van der Waals surface area contributed by atoms with E-state index in [2.05, 4.69) is 0 Å². The smallest absolute Gasteiger partial charge is 0.332 e. The van der Waals surface area contributed by atoms with E-state index >= 15 is 0 Å². The SMILES string of the molecule is CC(C)(O)C(=O)F. The van der Waals surface area contributed by atoms with Gasteiger partial charge >= 0.3 is 6.04 Å². The molecule has 0 atom stereocenters. The van der Waals surface area contributed by atoms with E-state index in [9.17, 15) is 9.18 Å². The lowest BCUT2D eigenvalue weighted by Crippen LogP contribution is -2.26. The third-order valence-corrected chi connectivity index (χ3v) is 0.481. The summed E-state index contributed by atoms with van der Waals surface area (Å²) in [5, 5.41) is 8.37. The molecular weight excluding hydrogens is 99.0 g/mol. The van der Waals surface area contributed by atoms with Crippen molar-refractivity contribution in [1.82, 2.24) is 0 Å². The maximum atomic E-state index is 11.3. The molecule has 7 heavy (non-hydrogen) atoms. The van der Waals surface area contributed by atoms with E-state index in [1.807, 2.05) is 0 Å². The highest BCUT2D eigenvalue weighted by Gasteiger charge is 2.22. The summed E-state index contributed by atoms with van der Waals surface area (Å²) in [6.45, 7) is 2.19. The summed E-state index contributed by atoms with van der Waals surface area (Å²) >= 11 is 0. The summed E-state index contributed by atoms with van der Waals surface area (Å²) in [4.78, 5) is 9.55. The third kappa shape index (κ3) is 2.28. The van der Waals surface area contributed by atoms with Crippen LogP contribution in [-0.4, -0.2) is 16.7 Å². The van der Waals surface area contributed by atoms with Crippen molar-refractivity contribution in [3.05, 3.63) is 0 Å². The predicted octanol–water partition coefficient (Wildman–Crippen LogP) is 0.253. The van der Waals surface area contributed by atoms with Gasteiger partial charge in [-0.05, 0) is 13.8 Å². The molecule has 1 N–H and O–H groups in total. The summed E-state index contributed by atoms with van der Waals surface area (Å²) in [6, 6.07) is -1.70. The molecule has 0 saturated carbocycles. The standard InChI is InChI=1S/C4H7FO2/c1-4(2,7)3(5)6/h7H,1-2H3. The molecule has 0 aliphatic rings. The quantitative estimate of drug-likeness (QED) is 0.486. The first-order chi connectivity index (χ1) is 2.94. The normalized spacial score (nSPS) is 11.4. The lowest BCUT2D eigenvalue weighted by Gasteiger charge is -2.06. The largest absolute Gasteiger partial charge is 0.380 e. The molecule has 0 bridgehead atoms. The molecule has 0 aromatic rings. The van der Waals surface area contributed by atoms with Crippen LogP contribution in [0.5, 0.6) is 0 Å². The van der Waals surface area contributed by atoms with Gasteiger partial charge in [-0.1, -0.05) is 0 Å². The van der Waals surface area contributed by atoms with Crippen molar-refractivity contribution in [2.24, 2.45) is 0 Å². The van der Waals surface area contributed by atoms with Gasteiger partial charge in [0.25, 0.3) is 0 Å².